The van der Waals surface area contributed by atoms with Crippen LogP contribution in [0.4, 0.5) is 0 Å². The molecule has 1 amide bonds. The van der Waals surface area contributed by atoms with Gasteiger partial charge in [-0.15, -0.1) is 12.3 Å². The molecule has 0 saturated carbocycles. The number of amides is 1. The van der Waals surface area contributed by atoms with Gasteiger partial charge in [-0.2, -0.15) is 0 Å². The van der Waals surface area contributed by atoms with Gasteiger partial charge in [0.1, 0.15) is 5.54 Å². The standard InChI is InChI=1S/C8H12N2O/c1-3-4-8(9)5-6-10(2)7(8)11/h1H,4-6,9H2,2H3. The van der Waals surface area contributed by atoms with Crippen molar-refractivity contribution in [1.82, 2.24) is 4.90 Å². The fourth-order valence-electron chi connectivity index (χ4n) is 1.30. The van der Waals surface area contributed by atoms with E-state index in [1.54, 1.807) is 11.9 Å². The van der Waals surface area contributed by atoms with E-state index in [1.165, 1.54) is 0 Å². The van der Waals surface area contributed by atoms with Crippen molar-refractivity contribution in [1.29, 1.82) is 0 Å². The number of nitrogens with two attached hydrogens (primary N) is 1. The second-order valence-electron chi connectivity index (χ2n) is 3.01. The molecular formula is C8H12N2O. The van der Waals surface area contributed by atoms with Crippen molar-refractivity contribution in [2.45, 2.75) is 18.4 Å². The minimum absolute atomic E-state index is 0.0320. The highest BCUT2D eigenvalue weighted by Crippen LogP contribution is 2.21. The number of likely N-dealkylation sites (tertiary alicyclic amines) is 1. The lowest BCUT2D eigenvalue weighted by atomic mass is 9.95. The first-order chi connectivity index (χ1) is 5.10. The third-order valence-electron chi connectivity index (χ3n) is 2.08. The van der Waals surface area contributed by atoms with Crippen LogP contribution >= 0.6 is 0 Å². The van der Waals surface area contributed by atoms with Crippen LogP contribution in [0.25, 0.3) is 0 Å². The lowest BCUT2D eigenvalue weighted by molar-refractivity contribution is -0.130. The number of nitrogens with zero attached hydrogens (tertiary/aromatic N) is 1. The summed E-state index contributed by atoms with van der Waals surface area (Å²) in [5.74, 6) is 2.40. The molecule has 11 heavy (non-hydrogen) atoms. The Hall–Kier alpha value is -1.01. The van der Waals surface area contributed by atoms with Crippen LogP contribution in [0.1, 0.15) is 12.8 Å². The van der Waals surface area contributed by atoms with Crippen molar-refractivity contribution in [3.05, 3.63) is 0 Å². The largest absolute Gasteiger partial charge is 0.344 e. The van der Waals surface area contributed by atoms with Gasteiger partial charge in [-0.1, -0.05) is 0 Å². The topological polar surface area (TPSA) is 46.3 Å². The second kappa shape index (κ2) is 2.55. The quantitative estimate of drug-likeness (QED) is 0.518. The molecule has 1 rings (SSSR count). The summed E-state index contributed by atoms with van der Waals surface area (Å²) >= 11 is 0. The number of hydrogen-bond acceptors (Lipinski definition) is 2. The van der Waals surface area contributed by atoms with Crippen molar-refractivity contribution in [2.75, 3.05) is 13.6 Å². The lowest BCUT2D eigenvalue weighted by Crippen LogP contribution is -2.46. The molecule has 1 aliphatic heterocycles. The van der Waals surface area contributed by atoms with E-state index in [4.69, 9.17) is 12.2 Å². The summed E-state index contributed by atoms with van der Waals surface area (Å²) in [5, 5.41) is 0. The van der Waals surface area contributed by atoms with Gasteiger partial charge in [0, 0.05) is 20.0 Å². The van der Waals surface area contributed by atoms with Gasteiger partial charge in [0.25, 0.3) is 0 Å². The predicted molar refractivity (Wildman–Crippen MR) is 42.6 cm³/mol. The zero-order valence-corrected chi connectivity index (χ0v) is 6.63. The Morgan fingerprint density at radius 2 is 2.55 bits per heavy atom. The Balaban J connectivity index is 2.75. The molecule has 1 fully saturated rings. The summed E-state index contributed by atoms with van der Waals surface area (Å²) in [7, 11) is 1.74. The van der Waals surface area contributed by atoms with E-state index in [2.05, 4.69) is 5.92 Å². The van der Waals surface area contributed by atoms with Crippen molar-refractivity contribution >= 4 is 5.91 Å². The summed E-state index contributed by atoms with van der Waals surface area (Å²) < 4.78 is 0. The minimum atomic E-state index is -0.774. The molecule has 60 valence electrons. The summed E-state index contributed by atoms with van der Waals surface area (Å²) in [6, 6.07) is 0. The molecule has 1 unspecified atom stereocenters. The van der Waals surface area contributed by atoms with E-state index in [0.717, 1.165) is 6.54 Å². The average Bonchev–Trinajstić information content (AvgIpc) is 2.19. The van der Waals surface area contributed by atoms with Crippen LogP contribution in [-0.4, -0.2) is 29.9 Å². The van der Waals surface area contributed by atoms with Gasteiger partial charge in [-0.3, -0.25) is 4.79 Å². The Kier molecular flexibility index (Phi) is 1.88. The number of carbonyl (C=O) groups is 1. The highest BCUT2D eigenvalue weighted by Gasteiger charge is 2.40. The summed E-state index contributed by atoms with van der Waals surface area (Å²) in [6.07, 6.45) is 6.12. The molecule has 3 nitrogen and oxygen atoms in total. The highest BCUT2D eigenvalue weighted by atomic mass is 16.2. The molecule has 0 aromatic heterocycles. The summed E-state index contributed by atoms with van der Waals surface area (Å²) in [4.78, 5) is 12.9. The molecule has 0 spiro atoms. The maximum Gasteiger partial charge on any atom is 0.243 e. The Morgan fingerprint density at radius 3 is 2.91 bits per heavy atom. The van der Waals surface area contributed by atoms with E-state index < -0.39 is 5.54 Å². The van der Waals surface area contributed by atoms with E-state index in [9.17, 15) is 4.79 Å². The fourth-order valence-corrected chi connectivity index (χ4v) is 1.30. The molecular weight excluding hydrogens is 140 g/mol. The summed E-state index contributed by atoms with van der Waals surface area (Å²) in [5.41, 5.74) is 5.00. The van der Waals surface area contributed by atoms with E-state index in [-0.39, 0.29) is 5.91 Å². The molecule has 0 aromatic rings. The first kappa shape index (κ1) is 8.09. The van der Waals surface area contributed by atoms with E-state index in [0.29, 0.717) is 12.8 Å². The van der Waals surface area contributed by atoms with Crippen LogP contribution in [-0.2, 0) is 4.79 Å². The van der Waals surface area contributed by atoms with Crippen LogP contribution in [0.5, 0.6) is 0 Å². The fraction of sp³-hybridized carbons (Fsp3) is 0.625. The molecule has 0 aromatic carbocycles. The van der Waals surface area contributed by atoms with E-state index >= 15 is 0 Å². The lowest BCUT2D eigenvalue weighted by Gasteiger charge is -2.18. The maximum absolute atomic E-state index is 11.3. The molecule has 0 radical (unpaired) electrons. The molecule has 0 aliphatic carbocycles. The van der Waals surface area contributed by atoms with Gasteiger partial charge in [0.2, 0.25) is 5.91 Å². The number of hydrogen-bond donors (Lipinski definition) is 1. The molecule has 1 aliphatic rings. The highest BCUT2D eigenvalue weighted by molar-refractivity contribution is 5.88. The molecule has 1 heterocycles. The second-order valence-corrected chi connectivity index (χ2v) is 3.01. The zero-order valence-electron chi connectivity index (χ0n) is 6.63. The van der Waals surface area contributed by atoms with Gasteiger partial charge in [0.15, 0.2) is 0 Å². The van der Waals surface area contributed by atoms with Crippen LogP contribution in [0, 0.1) is 12.3 Å². The number of likely N-dealkylation sites (N-methyl/N-ethyl adjacent to an activating group) is 1. The van der Waals surface area contributed by atoms with Crippen molar-refractivity contribution in [3.8, 4) is 12.3 Å². The maximum atomic E-state index is 11.3. The summed E-state index contributed by atoms with van der Waals surface area (Å²) in [6.45, 7) is 0.719. The first-order valence-corrected chi connectivity index (χ1v) is 3.58. The number of carbonyl (C=O) groups excluding carboxylic acids is 1. The van der Waals surface area contributed by atoms with Gasteiger partial charge in [-0.25, -0.2) is 0 Å². The zero-order chi connectivity index (χ0) is 8.48. The SMILES string of the molecule is C#CCC1(N)CCN(C)C1=O. The van der Waals surface area contributed by atoms with Crippen molar-refractivity contribution in [3.63, 3.8) is 0 Å². The van der Waals surface area contributed by atoms with Gasteiger partial charge in [-0.05, 0) is 6.42 Å². The minimum Gasteiger partial charge on any atom is -0.344 e. The van der Waals surface area contributed by atoms with Crippen molar-refractivity contribution in [2.24, 2.45) is 5.73 Å². The molecule has 1 saturated heterocycles. The Bertz CT molecular complexity index is 219. The van der Waals surface area contributed by atoms with Gasteiger partial charge in [0.05, 0.1) is 0 Å². The van der Waals surface area contributed by atoms with Gasteiger partial charge >= 0.3 is 0 Å². The van der Waals surface area contributed by atoms with E-state index in [1.807, 2.05) is 0 Å². The smallest absolute Gasteiger partial charge is 0.243 e. The molecule has 0 bridgehead atoms. The normalized spacial score (nSPS) is 30.6. The Morgan fingerprint density at radius 1 is 1.91 bits per heavy atom. The van der Waals surface area contributed by atoms with Crippen LogP contribution < -0.4 is 5.73 Å². The predicted octanol–water partition coefficient (Wildman–Crippen LogP) is -0.431. The van der Waals surface area contributed by atoms with Crippen LogP contribution in [0.15, 0.2) is 0 Å². The first-order valence-electron chi connectivity index (χ1n) is 3.58. The van der Waals surface area contributed by atoms with Crippen LogP contribution in [0.3, 0.4) is 0 Å². The average molecular weight is 152 g/mol. The number of rotatable bonds is 1. The van der Waals surface area contributed by atoms with Crippen molar-refractivity contribution < 1.29 is 4.79 Å². The third kappa shape index (κ3) is 1.22. The van der Waals surface area contributed by atoms with Crippen LogP contribution in [0.2, 0.25) is 0 Å². The Labute approximate surface area is 66.5 Å². The number of terminal acetylenes is 1. The monoisotopic (exact) mass is 152 g/mol. The van der Waals surface area contributed by atoms with Gasteiger partial charge < -0.3 is 10.6 Å². The molecule has 1 atom stereocenters. The molecule has 2 N–H and O–H groups in total. The molecule has 3 heteroatoms. The third-order valence-corrected chi connectivity index (χ3v) is 2.08.